The van der Waals surface area contributed by atoms with Crippen molar-refractivity contribution < 1.29 is 4.74 Å². The number of ether oxygens (including phenoxy) is 1. The number of benzene rings is 1. The standard InChI is InChI=1S/C14H17ClN2O/c1-14(2)8-11(5-6-18-14)17-13-4-3-10(9-16)7-12(13)15/h3-4,7,11,17H,5-6,8H2,1-2H3. The van der Waals surface area contributed by atoms with Gasteiger partial charge in [0.1, 0.15) is 0 Å². The lowest BCUT2D eigenvalue weighted by Gasteiger charge is -2.36. The monoisotopic (exact) mass is 264 g/mol. The number of hydrogen-bond acceptors (Lipinski definition) is 3. The second kappa shape index (κ2) is 5.17. The molecule has 0 bridgehead atoms. The second-order valence-corrected chi connectivity index (χ2v) is 5.66. The number of rotatable bonds is 2. The third kappa shape index (κ3) is 3.16. The van der Waals surface area contributed by atoms with Crippen molar-refractivity contribution in [1.29, 1.82) is 5.26 Å². The number of nitriles is 1. The van der Waals surface area contributed by atoms with Gasteiger partial charge >= 0.3 is 0 Å². The first-order valence-corrected chi connectivity index (χ1v) is 6.48. The summed E-state index contributed by atoms with van der Waals surface area (Å²) in [5, 5.41) is 12.8. The third-order valence-corrected chi connectivity index (χ3v) is 3.47. The lowest BCUT2D eigenvalue weighted by atomic mass is 9.94. The van der Waals surface area contributed by atoms with Crippen molar-refractivity contribution in [2.45, 2.75) is 38.3 Å². The molecular weight excluding hydrogens is 248 g/mol. The molecule has 1 heterocycles. The van der Waals surface area contributed by atoms with Crippen LogP contribution in [-0.2, 0) is 4.74 Å². The van der Waals surface area contributed by atoms with E-state index >= 15 is 0 Å². The van der Waals surface area contributed by atoms with Crippen molar-refractivity contribution >= 4 is 17.3 Å². The smallest absolute Gasteiger partial charge is 0.0992 e. The van der Waals surface area contributed by atoms with Crippen molar-refractivity contribution in [2.24, 2.45) is 0 Å². The lowest BCUT2D eigenvalue weighted by molar-refractivity contribution is -0.0553. The summed E-state index contributed by atoms with van der Waals surface area (Å²) >= 11 is 6.15. The number of nitrogens with zero attached hydrogens (tertiary/aromatic N) is 1. The van der Waals surface area contributed by atoms with Crippen molar-refractivity contribution in [3.8, 4) is 6.07 Å². The fourth-order valence-corrected chi connectivity index (χ4v) is 2.51. The molecular formula is C14H17ClN2O. The van der Waals surface area contributed by atoms with Crippen molar-refractivity contribution in [3.63, 3.8) is 0 Å². The van der Waals surface area contributed by atoms with Crippen LogP contribution in [0.5, 0.6) is 0 Å². The molecule has 1 saturated heterocycles. The van der Waals surface area contributed by atoms with E-state index in [0.29, 0.717) is 16.6 Å². The molecule has 1 fully saturated rings. The molecule has 0 spiro atoms. The fraction of sp³-hybridized carbons (Fsp3) is 0.500. The van der Waals surface area contributed by atoms with E-state index in [1.54, 1.807) is 12.1 Å². The second-order valence-electron chi connectivity index (χ2n) is 5.25. The molecule has 0 radical (unpaired) electrons. The number of nitrogens with one attached hydrogen (secondary N) is 1. The average Bonchev–Trinajstić information content (AvgIpc) is 2.30. The average molecular weight is 265 g/mol. The van der Waals surface area contributed by atoms with Crippen LogP contribution in [0.3, 0.4) is 0 Å². The molecule has 96 valence electrons. The molecule has 2 rings (SSSR count). The Labute approximate surface area is 113 Å². The van der Waals surface area contributed by atoms with Gasteiger partial charge in [-0.05, 0) is 44.9 Å². The molecule has 1 atom stereocenters. The highest BCUT2D eigenvalue weighted by Gasteiger charge is 2.28. The molecule has 1 N–H and O–H groups in total. The zero-order chi connectivity index (χ0) is 13.2. The Morgan fingerprint density at radius 1 is 1.50 bits per heavy atom. The van der Waals surface area contributed by atoms with E-state index in [1.807, 2.05) is 6.07 Å². The maximum Gasteiger partial charge on any atom is 0.0992 e. The van der Waals surface area contributed by atoms with Crippen LogP contribution >= 0.6 is 11.6 Å². The Morgan fingerprint density at radius 2 is 2.28 bits per heavy atom. The van der Waals surface area contributed by atoms with Crippen molar-refractivity contribution in [2.75, 3.05) is 11.9 Å². The van der Waals surface area contributed by atoms with Gasteiger partial charge in [0.15, 0.2) is 0 Å². The number of hydrogen-bond donors (Lipinski definition) is 1. The Bertz CT molecular complexity index is 479. The number of anilines is 1. The van der Waals surface area contributed by atoms with Crippen LogP contribution in [0.15, 0.2) is 18.2 Å². The molecule has 1 aliphatic heterocycles. The molecule has 18 heavy (non-hydrogen) atoms. The first-order chi connectivity index (χ1) is 8.50. The fourth-order valence-electron chi connectivity index (χ4n) is 2.28. The van der Waals surface area contributed by atoms with Gasteiger partial charge in [0, 0.05) is 12.6 Å². The Morgan fingerprint density at radius 3 is 2.89 bits per heavy atom. The first kappa shape index (κ1) is 13.2. The van der Waals surface area contributed by atoms with Crippen LogP contribution in [0.25, 0.3) is 0 Å². The van der Waals surface area contributed by atoms with Crippen LogP contribution in [-0.4, -0.2) is 18.2 Å². The van der Waals surface area contributed by atoms with Crippen LogP contribution in [0, 0.1) is 11.3 Å². The minimum atomic E-state index is -0.0883. The van der Waals surface area contributed by atoms with Crippen LogP contribution in [0.2, 0.25) is 5.02 Å². The topological polar surface area (TPSA) is 45.0 Å². The van der Waals surface area contributed by atoms with Gasteiger partial charge in [0.25, 0.3) is 0 Å². The molecule has 3 nitrogen and oxygen atoms in total. The van der Waals surface area contributed by atoms with Gasteiger partial charge in [-0.2, -0.15) is 5.26 Å². The van der Waals surface area contributed by atoms with E-state index < -0.39 is 0 Å². The molecule has 0 amide bonds. The summed E-state index contributed by atoms with van der Waals surface area (Å²) in [6.07, 6.45) is 1.92. The summed E-state index contributed by atoms with van der Waals surface area (Å²) in [5.41, 5.74) is 1.38. The summed E-state index contributed by atoms with van der Waals surface area (Å²) in [7, 11) is 0. The van der Waals surface area contributed by atoms with Gasteiger partial charge in [-0.3, -0.25) is 0 Å². The van der Waals surface area contributed by atoms with E-state index in [9.17, 15) is 0 Å². The minimum Gasteiger partial charge on any atom is -0.381 e. The SMILES string of the molecule is CC1(C)CC(Nc2ccc(C#N)cc2Cl)CCO1. The molecule has 4 heteroatoms. The predicted molar refractivity (Wildman–Crippen MR) is 72.8 cm³/mol. The van der Waals surface area contributed by atoms with Gasteiger partial charge in [0.05, 0.1) is 27.9 Å². The van der Waals surface area contributed by atoms with Gasteiger partial charge in [-0.1, -0.05) is 11.6 Å². The van der Waals surface area contributed by atoms with E-state index in [-0.39, 0.29) is 5.60 Å². The molecule has 0 aromatic heterocycles. The molecule has 1 aromatic carbocycles. The van der Waals surface area contributed by atoms with E-state index in [4.69, 9.17) is 21.6 Å². The highest BCUT2D eigenvalue weighted by Crippen LogP contribution is 2.29. The van der Waals surface area contributed by atoms with Gasteiger partial charge in [-0.25, -0.2) is 0 Å². The zero-order valence-electron chi connectivity index (χ0n) is 10.7. The van der Waals surface area contributed by atoms with Crippen LogP contribution in [0.4, 0.5) is 5.69 Å². The van der Waals surface area contributed by atoms with Crippen molar-refractivity contribution in [3.05, 3.63) is 28.8 Å². The lowest BCUT2D eigenvalue weighted by Crippen LogP contribution is -2.40. The first-order valence-electron chi connectivity index (χ1n) is 6.10. The highest BCUT2D eigenvalue weighted by molar-refractivity contribution is 6.33. The van der Waals surface area contributed by atoms with Crippen LogP contribution < -0.4 is 5.32 Å². The molecule has 0 saturated carbocycles. The van der Waals surface area contributed by atoms with Crippen LogP contribution in [0.1, 0.15) is 32.3 Å². The van der Waals surface area contributed by atoms with Gasteiger partial charge < -0.3 is 10.1 Å². The van der Waals surface area contributed by atoms with Crippen molar-refractivity contribution in [1.82, 2.24) is 0 Å². The summed E-state index contributed by atoms with van der Waals surface area (Å²) < 4.78 is 5.68. The van der Waals surface area contributed by atoms with E-state index in [2.05, 4.69) is 25.2 Å². The maximum absolute atomic E-state index is 8.80. The summed E-state index contributed by atoms with van der Waals surface area (Å²) in [6, 6.07) is 7.77. The quantitative estimate of drug-likeness (QED) is 0.888. The zero-order valence-corrected chi connectivity index (χ0v) is 11.4. The highest BCUT2D eigenvalue weighted by atomic mass is 35.5. The Kier molecular flexibility index (Phi) is 3.79. The molecule has 1 aliphatic rings. The third-order valence-electron chi connectivity index (χ3n) is 3.15. The summed E-state index contributed by atoms with van der Waals surface area (Å²) in [5.74, 6) is 0. The minimum absolute atomic E-state index is 0.0883. The van der Waals surface area contributed by atoms with Gasteiger partial charge in [-0.15, -0.1) is 0 Å². The largest absolute Gasteiger partial charge is 0.381 e. The normalized spacial score (nSPS) is 22.2. The Balaban J connectivity index is 2.08. The number of halogens is 1. The van der Waals surface area contributed by atoms with E-state index in [1.165, 1.54) is 0 Å². The molecule has 1 aromatic rings. The summed E-state index contributed by atoms with van der Waals surface area (Å²) in [6.45, 7) is 4.96. The predicted octanol–water partition coefficient (Wildman–Crippen LogP) is 3.58. The van der Waals surface area contributed by atoms with Gasteiger partial charge in [0.2, 0.25) is 0 Å². The maximum atomic E-state index is 8.80. The Hall–Kier alpha value is -1.24. The van der Waals surface area contributed by atoms with E-state index in [0.717, 1.165) is 25.1 Å². The molecule has 0 aliphatic carbocycles. The molecule has 1 unspecified atom stereocenters. The summed E-state index contributed by atoms with van der Waals surface area (Å²) in [4.78, 5) is 0.